The van der Waals surface area contributed by atoms with E-state index in [0.29, 0.717) is 13.1 Å². The van der Waals surface area contributed by atoms with E-state index in [9.17, 15) is 4.79 Å². The largest absolute Gasteiger partial charge is 0.356 e. The first-order valence-electron chi connectivity index (χ1n) is 9.07. The standard InChI is InChI=1S/C19H22BrN5O/c20-16-5-3-4-15(12-16)19(26)25-10-8-24(9-11-25)18-13-17(21-14-22-18)23-6-1-2-7-23/h3-5,12-14H,1-2,6-11H2. The Bertz CT molecular complexity index is 785. The SMILES string of the molecule is O=C(c1cccc(Br)c1)N1CCN(c2cc(N3CCCC3)ncn2)CC1. The van der Waals surface area contributed by atoms with Crippen molar-refractivity contribution in [2.45, 2.75) is 12.8 Å². The van der Waals surface area contributed by atoms with E-state index in [2.05, 4.69) is 41.8 Å². The van der Waals surface area contributed by atoms with Crippen LogP contribution in [0.2, 0.25) is 0 Å². The second kappa shape index (κ2) is 7.61. The lowest BCUT2D eigenvalue weighted by molar-refractivity contribution is 0.0746. The van der Waals surface area contributed by atoms with Gasteiger partial charge in [0.05, 0.1) is 0 Å². The molecule has 7 heteroatoms. The van der Waals surface area contributed by atoms with Crippen LogP contribution in [0.1, 0.15) is 23.2 Å². The van der Waals surface area contributed by atoms with Crippen LogP contribution in [0.3, 0.4) is 0 Å². The zero-order chi connectivity index (χ0) is 17.9. The Morgan fingerprint density at radius 3 is 2.19 bits per heavy atom. The van der Waals surface area contributed by atoms with Gasteiger partial charge in [-0.3, -0.25) is 4.79 Å². The maximum absolute atomic E-state index is 12.7. The second-order valence-electron chi connectivity index (χ2n) is 6.72. The number of amides is 1. The molecule has 3 heterocycles. The molecule has 0 aliphatic carbocycles. The second-order valence-corrected chi connectivity index (χ2v) is 7.63. The van der Waals surface area contributed by atoms with E-state index in [1.807, 2.05) is 29.2 Å². The predicted octanol–water partition coefficient (Wildman–Crippen LogP) is 2.80. The summed E-state index contributed by atoms with van der Waals surface area (Å²) in [4.78, 5) is 28.0. The average molecular weight is 416 g/mol. The van der Waals surface area contributed by atoms with Gasteiger partial charge in [-0.05, 0) is 31.0 Å². The summed E-state index contributed by atoms with van der Waals surface area (Å²) in [6.45, 7) is 5.13. The summed E-state index contributed by atoms with van der Waals surface area (Å²) < 4.78 is 0.928. The van der Waals surface area contributed by atoms with Crippen molar-refractivity contribution < 1.29 is 4.79 Å². The molecule has 2 aromatic rings. The summed E-state index contributed by atoms with van der Waals surface area (Å²) in [5, 5.41) is 0. The third kappa shape index (κ3) is 3.67. The Kier molecular flexibility index (Phi) is 5.06. The first kappa shape index (κ1) is 17.3. The fourth-order valence-corrected chi connectivity index (χ4v) is 3.97. The Morgan fingerprint density at radius 2 is 1.54 bits per heavy atom. The number of piperazine rings is 1. The molecule has 0 atom stereocenters. The molecule has 4 rings (SSSR count). The molecular formula is C19H22BrN5O. The van der Waals surface area contributed by atoms with Crippen molar-refractivity contribution in [3.8, 4) is 0 Å². The molecular weight excluding hydrogens is 394 g/mol. The number of halogens is 1. The van der Waals surface area contributed by atoms with E-state index in [1.165, 1.54) is 12.8 Å². The van der Waals surface area contributed by atoms with Gasteiger partial charge >= 0.3 is 0 Å². The summed E-state index contributed by atoms with van der Waals surface area (Å²) in [6, 6.07) is 9.65. The predicted molar refractivity (Wildman–Crippen MR) is 106 cm³/mol. The fraction of sp³-hybridized carbons (Fsp3) is 0.421. The summed E-state index contributed by atoms with van der Waals surface area (Å²) in [5.74, 6) is 2.06. The van der Waals surface area contributed by atoms with Gasteiger partial charge < -0.3 is 14.7 Å². The lowest BCUT2D eigenvalue weighted by Crippen LogP contribution is -2.49. The van der Waals surface area contributed by atoms with E-state index in [4.69, 9.17) is 0 Å². The summed E-state index contributed by atoms with van der Waals surface area (Å²) in [7, 11) is 0. The van der Waals surface area contributed by atoms with Gasteiger partial charge in [-0.1, -0.05) is 22.0 Å². The number of carbonyl (C=O) groups excluding carboxylic acids is 1. The van der Waals surface area contributed by atoms with Gasteiger partial charge in [0.1, 0.15) is 18.0 Å². The zero-order valence-corrected chi connectivity index (χ0v) is 16.2. The Morgan fingerprint density at radius 1 is 0.885 bits per heavy atom. The molecule has 136 valence electrons. The molecule has 26 heavy (non-hydrogen) atoms. The highest BCUT2D eigenvalue weighted by atomic mass is 79.9. The van der Waals surface area contributed by atoms with Crippen LogP contribution < -0.4 is 9.80 Å². The highest BCUT2D eigenvalue weighted by Crippen LogP contribution is 2.22. The number of anilines is 2. The molecule has 1 amide bonds. The van der Waals surface area contributed by atoms with Crippen molar-refractivity contribution >= 4 is 33.5 Å². The molecule has 0 bridgehead atoms. The summed E-state index contributed by atoms with van der Waals surface area (Å²) in [5.41, 5.74) is 0.728. The molecule has 0 saturated carbocycles. The van der Waals surface area contributed by atoms with Gasteiger partial charge in [0.25, 0.3) is 5.91 Å². The molecule has 2 aliphatic rings. The van der Waals surface area contributed by atoms with Crippen LogP contribution in [0.15, 0.2) is 41.1 Å². The number of nitrogens with zero attached hydrogens (tertiary/aromatic N) is 5. The van der Waals surface area contributed by atoms with Crippen molar-refractivity contribution in [2.75, 3.05) is 49.1 Å². The molecule has 0 unspecified atom stereocenters. The molecule has 0 N–H and O–H groups in total. The summed E-state index contributed by atoms with van der Waals surface area (Å²) in [6.07, 6.45) is 4.12. The van der Waals surface area contributed by atoms with Crippen molar-refractivity contribution in [1.82, 2.24) is 14.9 Å². The Balaban J connectivity index is 1.40. The van der Waals surface area contributed by atoms with Crippen LogP contribution in [0.25, 0.3) is 0 Å². The normalized spacial score (nSPS) is 17.7. The van der Waals surface area contributed by atoms with Crippen LogP contribution >= 0.6 is 15.9 Å². The number of carbonyl (C=O) groups is 1. The van der Waals surface area contributed by atoms with E-state index >= 15 is 0 Å². The maximum atomic E-state index is 12.7. The Labute approximate surface area is 162 Å². The first-order valence-corrected chi connectivity index (χ1v) is 9.87. The van der Waals surface area contributed by atoms with Crippen molar-refractivity contribution in [2.24, 2.45) is 0 Å². The number of rotatable bonds is 3. The van der Waals surface area contributed by atoms with Crippen molar-refractivity contribution in [1.29, 1.82) is 0 Å². The van der Waals surface area contributed by atoms with E-state index in [0.717, 1.165) is 47.9 Å². The van der Waals surface area contributed by atoms with Crippen molar-refractivity contribution in [3.63, 3.8) is 0 Å². The molecule has 2 aliphatic heterocycles. The third-order valence-corrected chi connectivity index (χ3v) is 5.52. The minimum absolute atomic E-state index is 0.0893. The number of hydrogen-bond acceptors (Lipinski definition) is 5. The van der Waals surface area contributed by atoms with E-state index < -0.39 is 0 Å². The van der Waals surface area contributed by atoms with E-state index in [-0.39, 0.29) is 5.91 Å². The lowest BCUT2D eigenvalue weighted by atomic mass is 10.2. The van der Waals surface area contributed by atoms with Crippen molar-refractivity contribution in [3.05, 3.63) is 46.7 Å². The number of benzene rings is 1. The van der Waals surface area contributed by atoms with E-state index in [1.54, 1.807) is 6.33 Å². The fourth-order valence-electron chi connectivity index (χ4n) is 3.57. The monoisotopic (exact) mass is 415 g/mol. The molecule has 0 radical (unpaired) electrons. The highest BCUT2D eigenvalue weighted by molar-refractivity contribution is 9.10. The smallest absolute Gasteiger partial charge is 0.254 e. The van der Waals surface area contributed by atoms with Crippen LogP contribution in [0.4, 0.5) is 11.6 Å². The average Bonchev–Trinajstić information content (AvgIpc) is 3.23. The van der Waals surface area contributed by atoms with Gasteiger partial charge in [0.2, 0.25) is 0 Å². The molecule has 2 saturated heterocycles. The molecule has 6 nitrogen and oxygen atoms in total. The quantitative estimate of drug-likeness (QED) is 0.771. The molecule has 1 aromatic carbocycles. The minimum Gasteiger partial charge on any atom is -0.356 e. The third-order valence-electron chi connectivity index (χ3n) is 5.03. The highest BCUT2D eigenvalue weighted by Gasteiger charge is 2.24. The zero-order valence-electron chi connectivity index (χ0n) is 14.6. The van der Waals surface area contributed by atoms with Crippen LogP contribution in [0.5, 0.6) is 0 Å². The van der Waals surface area contributed by atoms with Gasteiger partial charge in [-0.2, -0.15) is 0 Å². The Hall–Kier alpha value is -2.15. The summed E-state index contributed by atoms with van der Waals surface area (Å²) >= 11 is 3.43. The van der Waals surface area contributed by atoms with Crippen LogP contribution in [-0.2, 0) is 0 Å². The lowest BCUT2D eigenvalue weighted by Gasteiger charge is -2.35. The number of aromatic nitrogens is 2. The topological polar surface area (TPSA) is 52.6 Å². The maximum Gasteiger partial charge on any atom is 0.254 e. The van der Waals surface area contributed by atoms with Crippen LogP contribution in [0, 0.1) is 0 Å². The van der Waals surface area contributed by atoms with Gasteiger partial charge in [-0.25, -0.2) is 9.97 Å². The molecule has 0 spiro atoms. The molecule has 1 aromatic heterocycles. The minimum atomic E-state index is 0.0893. The van der Waals surface area contributed by atoms with Gasteiger partial charge in [-0.15, -0.1) is 0 Å². The first-order chi connectivity index (χ1) is 12.7. The van der Waals surface area contributed by atoms with Gasteiger partial charge in [0.15, 0.2) is 0 Å². The number of hydrogen-bond donors (Lipinski definition) is 0. The van der Waals surface area contributed by atoms with Gasteiger partial charge in [0, 0.05) is 55.4 Å². The van der Waals surface area contributed by atoms with Crippen LogP contribution in [-0.4, -0.2) is 60.0 Å². The molecule has 2 fully saturated rings.